The monoisotopic (exact) mass is 399 g/mol. The summed E-state index contributed by atoms with van der Waals surface area (Å²) in [5.74, 6) is -1.77. The Kier molecular flexibility index (Phi) is 5.54. The fourth-order valence-corrected chi connectivity index (χ4v) is 3.44. The van der Waals surface area contributed by atoms with E-state index in [4.69, 9.17) is 9.39 Å². The van der Waals surface area contributed by atoms with Crippen molar-refractivity contribution in [2.75, 3.05) is 13.1 Å². The van der Waals surface area contributed by atoms with Gasteiger partial charge in [0.2, 0.25) is 0 Å². The molecule has 4 rings (SSSR count). The van der Waals surface area contributed by atoms with Gasteiger partial charge in [-0.25, -0.2) is 0 Å². The van der Waals surface area contributed by atoms with Crippen LogP contribution in [0.1, 0.15) is 33.7 Å². The Morgan fingerprint density at radius 3 is 2.48 bits per heavy atom. The predicted octanol–water partition coefficient (Wildman–Crippen LogP) is 0.448. The largest absolute Gasteiger partial charge is 0.669 e. The molecule has 29 heavy (non-hydrogen) atoms. The van der Waals surface area contributed by atoms with Gasteiger partial charge in [0.1, 0.15) is 11.9 Å². The van der Waals surface area contributed by atoms with Crippen LogP contribution in [0, 0.1) is 0 Å². The number of benzene rings is 2. The molecule has 2 N–H and O–H groups in total. The van der Waals surface area contributed by atoms with E-state index in [-0.39, 0.29) is 49.2 Å². The van der Waals surface area contributed by atoms with Gasteiger partial charge in [0.15, 0.2) is 0 Å². The molecule has 0 bridgehead atoms. The Balaban J connectivity index is 0.00000240. The summed E-state index contributed by atoms with van der Waals surface area (Å²) in [6, 6.07) is 12.0. The van der Waals surface area contributed by atoms with Gasteiger partial charge in [-0.2, -0.15) is 0 Å². The van der Waals surface area contributed by atoms with Crippen molar-refractivity contribution in [3.63, 3.8) is 0 Å². The minimum Gasteiger partial charge on any atom is -0.669 e. The summed E-state index contributed by atoms with van der Waals surface area (Å²) in [6.07, 6.45) is -0.129. The zero-order valence-corrected chi connectivity index (χ0v) is 14.9. The summed E-state index contributed by atoms with van der Waals surface area (Å²) in [7, 11) is 0. The predicted molar refractivity (Wildman–Crippen MR) is 104 cm³/mol. The van der Waals surface area contributed by atoms with Crippen molar-refractivity contribution >= 4 is 18.6 Å². The number of carbonyl (C=O) groups is 2. The first-order valence-corrected chi connectivity index (χ1v) is 9.01. The molecule has 1 amide bonds. The molecule has 0 saturated carbocycles. The second-order valence-electron chi connectivity index (χ2n) is 7.05. The molecule has 0 spiro atoms. The van der Waals surface area contributed by atoms with Crippen LogP contribution in [0.3, 0.4) is 0 Å². The van der Waals surface area contributed by atoms with Crippen LogP contribution < -0.4 is 14.5 Å². The minimum absolute atomic E-state index is 0. The Labute approximate surface area is 168 Å². The zero-order chi connectivity index (χ0) is 19.9. The van der Waals surface area contributed by atoms with E-state index < -0.39 is 12.7 Å². The number of carbonyl (C=O) groups excluding carboxylic acids is 2. The Morgan fingerprint density at radius 2 is 1.83 bits per heavy atom. The van der Waals surface area contributed by atoms with Crippen LogP contribution in [0.25, 0.3) is 0 Å². The van der Waals surface area contributed by atoms with Gasteiger partial charge in [0.05, 0.1) is 30.4 Å². The maximum absolute atomic E-state index is 12.4. The van der Waals surface area contributed by atoms with Crippen LogP contribution in [0.2, 0.25) is 6.32 Å². The van der Waals surface area contributed by atoms with Crippen LogP contribution >= 0.6 is 0 Å². The maximum Gasteiger partial charge on any atom is 0.430 e. The molecule has 2 aromatic carbocycles. The molecule has 2 aliphatic rings. The third-order valence-corrected chi connectivity index (χ3v) is 4.95. The number of likely N-dealkylation sites (tertiary alicyclic amines) is 1. The maximum atomic E-state index is 12.4. The number of fused-ring (bicyclic) bond motifs is 1. The summed E-state index contributed by atoms with van der Waals surface area (Å²) in [5, 5.41) is 31.2. The number of rotatable bonds is 4. The third kappa shape index (κ3) is 4.06. The van der Waals surface area contributed by atoms with Crippen LogP contribution in [-0.2, 0) is 6.42 Å². The summed E-state index contributed by atoms with van der Waals surface area (Å²) in [4.78, 5) is 25.6. The number of hydrogen-bond donors (Lipinski definition) is 2. The van der Waals surface area contributed by atoms with Crippen molar-refractivity contribution in [1.82, 2.24) is 4.90 Å². The lowest BCUT2D eigenvalue weighted by Crippen LogP contribution is -2.56. The van der Waals surface area contributed by atoms with Gasteiger partial charge in [0.25, 0.3) is 5.91 Å². The van der Waals surface area contributed by atoms with Crippen molar-refractivity contribution in [3.05, 3.63) is 59.2 Å². The van der Waals surface area contributed by atoms with Gasteiger partial charge >= 0.3 is 6.75 Å². The van der Waals surface area contributed by atoms with Crippen LogP contribution in [-0.4, -0.2) is 52.8 Å². The van der Waals surface area contributed by atoms with E-state index in [0.717, 1.165) is 0 Å². The van der Waals surface area contributed by atoms with Gasteiger partial charge in [-0.15, -0.1) is 0 Å². The highest BCUT2D eigenvalue weighted by Gasteiger charge is 2.35. The van der Waals surface area contributed by atoms with Crippen molar-refractivity contribution in [1.29, 1.82) is 0 Å². The summed E-state index contributed by atoms with van der Waals surface area (Å²) < 4.78 is 10.9. The summed E-state index contributed by atoms with van der Waals surface area (Å²) >= 11 is 0. The highest BCUT2D eigenvalue weighted by molar-refractivity contribution is 6.59. The molecule has 2 heterocycles. The molecule has 1 fully saturated rings. The number of nitrogens with zero attached hydrogens (tertiary/aromatic N) is 1. The smallest absolute Gasteiger partial charge is 0.430 e. The number of aromatic carboxylic acids is 1. The van der Waals surface area contributed by atoms with E-state index in [1.165, 1.54) is 6.07 Å². The first-order chi connectivity index (χ1) is 13.3. The topological polar surface area (TPSA) is 119 Å². The van der Waals surface area contributed by atoms with Gasteiger partial charge < -0.3 is 34.2 Å². The number of carboxylic acid groups (broad SMARTS) is 1. The van der Waals surface area contributed by atoms with Crippen molar-refractivity contribution < 1.29 is 34.1 Å². The van der Waals surface area contributed by atoms with Crippen molar-refractivity contribution in [2.24, 2.45) is 0 Å². The molecule has 0 radical (unpaired) electrons. The number of carboxylic acids is 1. The summed E-state index contributed by atoms with van der Waals surface area (Å²) in [5.41, 5.74) is 0.768. The first kappa shape index (κ1) is 20.7. The Bertz CT molecular complexity index is 926. The van der Waals surface area contributed by atoms with E-state index in [0.29, 0.717) is 24.2 Å². The average Bonchev–Trinajstić information content (AvgIpc) is 2.63. The molecule has 1 saturated heterocycles. The van der Waals surface area contributed by atoms with Gasteiger partial charge in [0, 0.05) is 5.56 Å². The lowest BCUT2D eigenvalue weighted by atomic mass is 9.70. The number of aryl methyl sites for hydroxylation is 1. The Hall–Kier alpha value is -3.04. The lowest BCUT2D eigenvalue weighted by molar-refractivity contribution is -0.255. The molecule has 2 aliphatic heterocycles. The molecule has 0 aliphatic carbocycles. The standard InChI is InChI=1S/C19H19BNO7.CH4/c22-18(13-4-2-1-3-5-13)21-10-14(11-21)27-15-7-6-12-8-9-20(25,26)28-17(12)16(15)19(23)24;/h1-7,14,25-26H,8-11H2,(H,23,24);1H4/q-1;/p-1. The fraction of sp³-hybridized carbons (Fsp3) is 0.300. The van der Waals surface area contributed by atoms with E-state index in [2.05, 4.69) is 0 Å². The third-order valence-electron chi connectivity index (χ3n) is 4.95. The number of hydrogen-bond acceptors (Lipinski definition) is 7. The molecule has 0 atom stereocenters. The second kappa shape index (κ2) is 7.77. The van der Waals surface area contributed by atoms with Crippen molar-refractivity contribution in [2.45, 2.75) is 26.3 Å². The molecule has 154 valence electrons. The quantitative estimate of drug-likeness (QED) is 0.717. The first-order valence-electron chi connectivity index (χ1n) is 9.01. The average molecular weight is 399 g/mol. The zero-order valence-electron chi connectivity index (χ0n) is 14.9. The highest BCUT2D eigenvalue weighted by Crippen LogP contribution is 2.38. The van der Waals surface area contributed by atoms with Crippen LogP contribution in [0.5, 0.6) is 11.5 Å². The second-order valence-corrected chi connectivity index (χ2v) is 7.05. The molecule has 9 heteroatoms. The molecule has 2 aromatic rings. The minimum atomic E-state index is -3.11. The molecular weight excluding hydrogens is 377 g/mol. The molecule has 8 nitrogen and oxygen atoms in total. The molecular formula is C20H22BNO7-2. The number of amides is 1. The van der Waals surface area contributed by atoms with Crippen LogP contribution in [0.15, 0.2) is 42.5 Å². The fourth-order valence-electron chi connectivity index (χ4n) is 3.44. The lowest BCUT2D eigenvalue weighted by Gasteiger charge is -2.41. The van der Waals surface area contributed by atoms with Gasteiger partial charge in [-0.05, 0) is 30.2 Å². The van der Waals surface area contributed by atoms with E-state index in [9.17, 15) is 24.7 Å². The molecule has 0 aromatic heterocycles. The number of ether oxygens (including phenoxy) is 1. The SMILES string of the molecule is C.O=C([O-])c1c(OC2CN(C(=O)c3ccccc3)C2)ccc2c1O[B-](O)(O)CC2. The summed E-state index contributed by atoms with van der Waals surface area (Å²) in [6.45, 7) is -2.49. The van der Waals surface area contributed by atoms with Crippen molar-refractivity contribution in [3.8, 4) is 11.5 Å². The van der Waals surface area contributed by atoms with E-state index >= 15 is 0 Å². The van der Waals surface area contributed by atoms with Crippen LogP contribution in [0.4, 0.5) is 0 Å². The Morgan fingerprint density at radius 1 is 1.14 bits per heavy atom. The van der Waals surface area contributed by atoms with Gasteiger partial charge in [-0.1, -0.05) is 38.0 Å². The normalized spacial score (nSPS) is 17.2. The highest BCUT2D eigenvalue weighted by atomic mass is 16.6. The van der Waals surface area contributed by atoms with Gasteiger partial charge in [-0.3, -0.25) is 4.79 Å². The molecule has 0 unspecified atom stereocenters. The van der Waals surface area contributed by atoms with E-state index in [1.54, 1.807) is 35.2 Å². The van der Waals surface area contributed by atoms with E-state index in [1.807, 2.05) is 6.07 Å².